The van der Waals surface area contributed by atoms with Crippen molar-refractivity contribution in [1.29, 1.82) is 0 Å². The second-order valence-corrected chi connectivity index (χ2v) is 7.80. The van der Waals surface area contributed by atoms with Crippen LogP contribution in [-0.2, 0) is 6.42 Å². The molecule has 1 fully saturated rings. The molecule has 0 aliphatic carbocycles. The zero-order valence-corrected chi connectivity index (χ0v) is 19.4. The number of nitrogens with one attached hydrogen (secondary N) is 2. The molecule has 0 aromatic heterocycles. The standard InChI is InChI=1S/C23H41N5O2/c1-5-30-22-19-20(10-11-21(22)29-4)9-8-13-26-23(24-2)25-12-6-7-14-28-17-15-27(3)16-18-28/h10-11,19H,5-9,12-18H2,1-4H3,(H2,24,25,26). The van der Waals surface area contributed by atoms with Gasteiger partial charge in [-0.15, -0.1) is 0 Å². The van der Waals surface area contributed by atoms with Crippen molar-refractivity contribution in [3.8, 4) is 11.5 Å². The van der Waals surface area contributed by atoms with E-state index in [-0.39, 0.29) is 0 Å². The lowest BCUT2D eigenvalue weighted by molar-refractivity contribution is 0.152. The summed E-state index contributed by atoms with van der Waals surface area (Å²) in [5, 5.41) is 6.84. The van der Waals surface area contributed by atoms with Crippen LogP contribution in [0.3, 0.4) is 0 Å². The molecule has 2 N–H and O–H groups in total. The number of benzene rings is 1. The van der Waals surface area contributed by atoms with Crippen LogP contribution in [0.5, 0.6) is 11.5 Å². The Balaban J connectivity index is 1.58. The van der Waals surface area contributed by atoms with Gasteiger partial charge in [0.2, 0.25) is 0 Å². The summed E-state index contributed by atoms with van der Waals surface area (Å²) in [6.07, 6.45) is 4.41. The van der Waals surface area contributed by atoms with Crippen LogP contribution in [-0.4, -0.2) is 89.4 Å². The molecule has 7 nitrogen and oxygen atoms in total. The first kappa shape index (κ1) is 24.3. The van der Waals surface area contributed by atoms with E-state index in [4.69, 9.17) is 9.47 Å². The third-order valence-corrected chi connectivity index (χ3v) is 5.48. The minimum Gasteiger partial charge on any atom is -0.493 e. The normalized spacial score (nSPS) is 15.8. The Labute approximate surface area is 182 Å². The SMILES string of the molecule is CCOc1cc(CCCNC(=NC)NCCCCN2CCN(C)CC2)ccc1OC. The van der Waals surface area contributed by atoms with E-state index >= 15 is 0 Å². The van der Waals surface area contributed by atoms with Crippen LogP contribution in [0.1, 0.15) is 31.7 Å². The molecule has 0 unspecified atom stereocenters. The largest absolute Gasteiger partial charge is 0.493 e. The molecule has 1 saturated heterocycles. The first-order valence-electron chi connectivity index (χ1n) is 11.3. The highest BCUT2D eigenvalue weighted by atomic mass is 16.5. The summed E-state index contributed by atoms with van der Waals surface area (Å²) in [4.78, 5) is 9.31. The van der Waals surface area contributed by atoms with Crippen LogP contribution < -0.4 is 20.1 Å². The van der Waals surface area contributed by atoms with Crippen LogP contribution in [0.15, 0.2) is 23.2 Å². The highest BCUT2D eigenvalue weighted by Gasteiger charge is 2.12. The molecule has 1 aromatic carbocycles. The lowest BCUT2D eigenvalue weighted by atomic mass is 10.1. The maximum absolute atomic E-state index is 5.66. The van der Waals surface area contributed by atoms with Crippen molar-refractivity contribution in [2.75, 3.05) is 73.6 Å². The Kier molecular flexibility index (Phi) is 11.4. The number of guanidine groups is 1. The fourth-order valence-electron chi connectivity index (χ4n) is 3.60. The molecular formula is C23H41N5O2. The third kappa shape index (κ3) is 8.79. The summed E-state index contributed by atoms with van der Waals surface area (Å²) in [5.74, 6) is 2.50. The number of nitrogens with zero attached hydrogens (tertiary/aromatic N) is 3. The van der Waals surface area contributed by atoms with Gasteiger partial charge in [0.25, 0.3) is 0 Å². The first-order valence-corrected chi connectivity index (χ1v) is 11.3. The van der Waals surface area contributed by atoms with E-state index in [1.165, 1.54) is 51.1 Å². The summed E-state index contributed by atoms with van der Waals surface area (Å²) >= 11 is 0. The molecule has 0 saturated carbocycles. The number of unbranched alkanes of at least 4 members (excludes halogenated alkanes) is 1. The van der Waals surface area contributed by atoms with E-state index in [1.807, 2.05) is 20.0 Å². The Bertz CT molecular complexity index is 630. The minimum atomic E-state index is 0.638. The summed E-state index contributed by atoms with van der Waals surface area (Å²) in [7, 11) is 5.71. The van der Waals surface area contributed by atoms with Crippen molar-refractivity contribution in [2.24, 2.45) is 4.99 Å². The van der Waals surface area contributed by atoms with E-state index in [2.05, 4.69) is 44.6 Å². The monoisotopic (exact) mass is 419 g/mol. The average Bonchev–Trinajstić information content (AvgIpc) is 2.76. The highest BCUT2D eigenvalue weighted by molar-refractivity contribution is 5.79. The lowest BCUT2D eigenvalue weighted by Gasteiger charge is -2.32. The van der Waals surface area contributed by atoms with E-state index in [9.17, 15) is 0 Å². The van der Waals surface area contributed by atoms with Crippen LogP contribution >= 0.6 is 0 Å². The van der Waals surface area contributed by atoms with Gasteiger partial charge in [-0.3, -0.25) is 4.99 Å². The summed E-state index contributed by atoms with van der Waals surface area (Å²) in [5.41, 5.74) is 1.26. The van der Waals surface area contributed by atoms with Gasteiger partial charge in [-0.1, -0.05) is 6.07 Å². The van der Waals surface area contributed by atoms with Crippen LogP contribution in [0.4, 0.5) is 0 Å². The fraction of sp³-hybridized carbons (Fsp3) is 0.696. The van der Waals surface area contributed by atoms with Gasteiger partial charge in [0.1, 0.15) is 0 Å². The van der Waals surface area contributed by atoms with E-state index < -0.39 is 0 Å². The van der Waals surface area contributed by atoms with Gasteiger partial charge in [0.05, 0.1) is 13.7 Å². The summed E-state index contributed by atoms with van der Waals surface area (Å²) in [6, 6.07) is 6.17. The first-order chi connectivity index (χ1) is 14.7. The zero-order chi connectivity index (χ0) is 21.6. The number of hydrogen-bond acceptors (Lipinski definition) is 5. The molecule has 30 heavy (non-hydrogen) atoms. The van der Waals surface area contributed by atoms with Gasteiger partial charge in [0, 0.05) is 46.3 Å². The molecule has 0 amide bonds. The number of hydrogen-bond donors (Lipinski definition) is 2. The maximum atomic E-state index is 5.66. The predicted molar refractivity (Wildman–Crippen MR) is 125 cm³/mol. The van der Waals surface area contributed by atoms with Gasteiger partial charge in [-0.05, 0) is 63.9 Å². The molecule has 2 rings (SSSR count). The second-order valence-electron chi connectivity index (χ2n) is 7.80. The molecule has 0 bridgehead atoms. The van der Waals surface area contributed by atoms with Crippen molar-refractivity contribution in [3.05, 3.63) is 23.8 Å². The molecule has 170 valence electrons. The number of ether oxygens (including phenoxy) is 2. The van der Waals surface area contributed by atoms with Crippen molar-refractivity contribution in [1.82, 2.24) is 20.4 Å². The number of piperazine rings is 1. The van der Waals surface area contributed by atoms with E-state index in [0.717, 1.165) is 43.4 Å². The predicted octanol–water partition coefficient (Wildman–Crippen LogP) is 2.22. The van der Waals surface area contributed by atoms with Gasteiger partial charge in [0.15, 0.2) is 17.5 Å². The van der Waals surface area contributed by atoms with Gasteiger partial charge < -0.3 is 29.9 Å². The smallest absolute Gasteiger partial charge is 0.190 e. The number of likely N-dealkylation sites (N-methyl/N-ethyl adjacent to an activating group) is 1. The summed E-state index contributed by atoms with van der Waals surface area (Å²) in [6.45, 7) is 10.5. The van der Waals surface area contributed by atoms with Crippen LogP contribution in [0, 0.1) is 0 Å². The maximum Gasteiger partial charge on any atom is 0.190 e. The van der Waals surface area contributed by atoms with Gasteiger partial charge >= 0.3 is 0 Å². The molecule has 0 radical (unpaired) electrons. The quantitative estimate of drug-likeness (QED) is 0.308. The van der Waals surface area contributed by atoms with Gasteiger partial charge in [-0.2, -0.15) is 0 Å². The van der Waals surface area contributed by atoms with Gasteiger partial charge in [-0.25, -0.2) is 0 Å². The Hall–Kier alpha value is -1.99. The van der Waals surface area contributed by atoms with E-state index in [1.54, 1.807) is 7.11 Å². The minimum absolute atomic E-state index is 0.638. The molecule has 0 atom stereocenters. The number of methoxy groups -OCH3 is 1. The van der Waals surface area contributed by atoms with Crippen molar-refractivity contribution >= 4 is 5.96 Å². The molecule has 7 heteroatoms. The van der Waals surface area contributed by atoms with E-state index in [0.29, 0.717) is 6.61 Å². The molecular weight excluding hydrogens is 378 g/mol. The average molecular weight is 420 g/mol. The van der Waals surface area contributed by atoms with Crippen molar-refractivity contribution < 1.29 is 9.47 Å². The molecule has 1 aliphatic rings. The molecule has 1 aliphatic heterocycles. The topological polar surface area (TPSA) is 61.4 Å². The Morgan fingerprint density at radius 2 is 1.77 bits per heavy atom. The molecule has 0 spiro atoms. The highest BCUT2D eigenvalue weighted by Crippen LogP contribution is 2.28. The fourth-order valence-corrected chi connectivity index (χ4v) is 3.60. The molecule has 1 aromatic rings. The number of aliphatic imine (C=N–C) groups is 1. The molecule has 1 heterocycles. The third-order valence-electron chi connectivity index (χ3n) is 5.48. The Morgan fingerprint density at radius 1 is 1.03 bits per heavy atom. The number of aryl methyl sites for hydroxylation is 1. The lowest BCUT2D eigenvalue weighted by Crippen LogP contribution is -2.44. The van der Waals surface area contributed by atoms with Crippen LogP contribution in [0.25, 0.3) is 0 Å². The second kappa shape index (κ2) is 14.1. The van der Waals surface area contributed by atoms with Crippen molar-refractivity contribution in [2.45, 2.75) is 32.6 Å². The zero-order valence-electron chi connectivity index (χ0n) is 19.4. The van der Waals surface area contributed by atoms with Crippen molar-refractivity contribution in [3.63, 3.8) is 0 Å². The Morgan fingerprint density at radius 3 is 2.43 bits per heavy atom. The number of rotatable bonds is 12. The van der Waals surface area contributed by atoms with Crippen LogP contribution in [0.2, 0.25) is 0 Å². The summed E-state index contributed by atoms with van der Waals surface area (Å²) < 4.78 is 11.0.